The number of imidazole rings is 1. The number of hydrogen-bond donors (Lipinski definition) is 1. The Morgan fingerprint density at radius 1 is 1.58 bits per heavy atom. The Kier molecular flexibility index (Phi) is 2.53. The van der Waals surface area contributed by atoms with Crippen molar-refractivity contribution in [2.24, 2.45) is 0 Å². The molecule has 0 aliphatic heterocycles. The number of rotatable bonds is 2. The molecule has 0 radical (unpaired) electrons. The van der Waals surface area contributed by atoms with Crippen LogP contribution in [0, 0.1) is 13.8 Å². The summed E-state index contributed by atoms with van der Waals surface area (Å²) in [6.07, 6.45) is 4.03. The average molecular weight is 165 g/mol. The Hall–Kier alpha value is -1.25. The quantitative estimate of drug-likeness (QED) is 0.720. The molecule has 0 bridgehead atoms. The van der Waals surface area contributed by atoms with E-state index in [0.717, 1.165) is 17.2 Å². The van der Waals surface area contributed by atoms with Gasteiger partial charge < -0.3 is 9.88 Å². The Balaban J connectivity index is 2.95. The van der Waals surface area contributed by atoms with E-state index < -0.39 is 0 Å². The molecule has 0 fully saturated rings. The molecule has 0 spiro atoms. The van der Waals surface area contributed by atoms with E-state index in [0.29, 0.717) is 0 Å². The van der Waals surface area contributed by atoms with Crippen molar-refractivity contribution in [1.82, 2.24) is 14.9 Å². The van der Waals surface area contributed by atoms with Crippen LogP contribution in [0.4, 0.5) is 0 Å². The molecule has 1 aromatic heterocycles. The number of allylic oxidation sites excluding steroid dienone is 1. The number of aryl methyl sites for hydroxylation is 2. The molecule has 0 aliphatic rings. The zero-order valence-corrected chi connectivity index (χ0v) is 8.05. The third-order valence-corrected chi connectivity index (χ3v) is 1.76. The summed E-state index contributed by atoms with van der Waals surface area (Å²) in [7, 11) is 1.91. The fraction of sp³-hybridized carbons (Fsp3) is 0.444. The maximum Gasteiger partial charge on any atom is 0.109 e. The van der Waals surface area contributed by atoms with E-state index in [2.05, 4.69) is 10.3 Å². The van der Waals surface area contributed by atoms with Crippen molar-refractivity contribution >= 4 is 6.20 Å². The zero-order chi connectivity index (χ0) is 9.14. The second-order valence-corrected chi connectivity index (χ2v) is 2.90. The number of hydrogen-bond acceptors (Lipinski definition) is 2. The van der Waals surface area contributed by atoms with E-state index in [1.54, 1.807) is 0 Å². The largest absolute Gasteiger partial charge is 0.390 e. The SMILES string of the molecule is CN/C(C)=C\n1cc(C)nc1C. The zero-order valence-electron chi connectivity index (χ0n) is 8.05. The van der Waals surface area contributed by atoms with Gasteiger partial charge in [-0.2, -0.15) is 0 Å². The van der Waals surface area contributed by atoms with Gasteiger partial charge in [-0.1, -0.05) is 0 Å². The second-order valence-electron chi connectivity index (χ2n) is 2.90. The first kappa shape index (κ1) is 8.84. The summed E-state index contributed by atoms with van der Waals surface area (Å²) in [5.41, 5.74) is 2.17. The van der Waals surface area contributed by atoms with Crippen LogP contribution >= 0.6 is 0 Å². The van der Waals surface area contributed by atoms with Crippen LogP contribution in [0.2, 0.25) is 0 Å². The molecule has 1 heterocycles. The summed E-state index contributed by atoms with van der Waals surface area (Å²) in [4.78, 5) is 4.29. The third-order valence-electron chi connectivity index (χ3n) is 1.76. The molecule has 3 heteroatoms. The summed E-state index contributed by atoms with van der Waals surface area (Å²) in [5.74, 6) is 1.02. The minimum Gasteiger partial charge on any atom is -0.390 e. The van der Waals surface area contributed by atoms with E-state index in [1.807, 2.05) is 44.8 Å². The number of nitrogens with one attached hydrogen (secondary N) is 1. The van der Waals surface area contributed by atoms with Gasteiger partial charge in [-0.15, -0.1) is 0 Å². The lowest BCUT2D eigenvalue weighted by molar-refractivity contribution is 0.956. The second kappa shape index (κ2) is 3.43. The molecule has 0 saturated heterocycles. The molecule has 0 saturated carbocycles. The van der Waals surface area contributed by atoms with E-state index in [-0.39, 0.29) is 0 Å². The van der Waals surface area contributed by atoms with Crippen molar-refractivity contribution in [2.45, 2.75) is 20.8 Å². The summed E-state index contributed by atoms with van der Waals surface area (Å²) >= 11 is 0. The van der Waals surface area contributed by atoms with Gasteiger partial charge in [-0.05, 0) is 20.8 Å². The van der Waals surface area contributed by atoms with Crippen molar-refractivity contribution in [1.29, 1.82) is 0 Å². The lowest BCUT2D eigenvalue weighted by Crippen LogP contribution is -2.03. The highest BCUT2D eigenvalue weighted by Gasteiger charge is 1.96. The Morgan fingerprint density at radius 2 is 2.25 bits per heavy atom. The van der Waals surface area contributed by atoms with E-state index >= 15 is 0 Å². The fourth-order valence-electron chi connectivity index (χ4n) is 1.04. The van der Waals surface area contributed by atoms with Gasteiger partial charge >= 0.3 is 0 Å². The summed E-state index contributed by atoms with van der Waals surface area (Å²) in [6.45, 7) is 6.01. The van der Waals surface area contributed by atoms with Crippen molar-refractivity contribution in [3.8, 4) is 0 Å². The first-order chi connectivity index (χ1) is 5.63. The van der Waals surface area contributed by atoms with Crippen molar-refractivity contribution in [2.75, 3.05) is 7.05 Å². The van der Waals surface area contributed by atoms with Gasteiger partial charge in [0.1, 0.15) is 5.82 Å². The van der Waals surface area contributed by atoms with E-state index in [1.165, 1.54) is 0 Å². The van der Waals surface area contributed by atoms with Crippen molar-refractivity contribution in [3.05, 3.63) is 23.4 Å². The minimum absolute atomic E-state index is 1.02. The number of aromatic nitrogens is 2. The highest BCUT2D eigenvalue weighted by atomic mass is 15.1. The van der Waals surface area contributed by atoms with Gasteiger partial charge in [0, 0.05) is 25.1 Å². The maximum atomic E-state index is 4.29. The number of nitrogens with zero attached hydrogens (tertiary/aromatic N) is 2. The summed E-state index contributed by atoms with van der Waals surface area (Å²) in [6, 6.07) is 0. The fourth-order valence-corrected chi connectivity index (χ4v) is 1.04. The van der Waals surface area contributed by atoms with Crippen LogP contribution < -0.4 is 5.32 Å². The lowest BCUT2D eigenvalue weighted by Gasteiger charge is -2.00. The van der Waals surface area contributed by atoms with Crippen LogP contribution in [-0.4, -0.2) is 16.6 Å². The summed E-state index contributed by atoms with van der Waals surface area (Å²) < 4.78 is 2.02. The molecule has 66 valence electrons. The van der Waals surface area contributed by atoms with Crippen LogP contribution in [0.3, 0.4) is 0 Å². The topological polar surface area (TPSA) is 29.9 Å². The van der Waals surface area contributed by atoms with Crippen LogP contribution in [-0.2, 0) is 0 Å². The molecule has 0 aromatic carbocycles. The van der Waals surface area contributed by atoms with Gasteiger partial charge in [0.05, 0.1) is 5.69 Å². The highest BCUT2D eigenvalue weighted by Crippen LogP contribution is 2.02. The standard InChI is InChI=1S/C9H15N3/c1-7(10-4)5-12-6-8(2)11-9(12)3/h5-6,10H,1-4H3/b7-5-. The predicted molar refractivity (Wildman–Crippen MR) is 50.7 cm³/mol. The molecule has 1 rings (SSSR count). The van der Waals surface area contributed by atoms with Crippen LogP contribution in [0.15, 0.2) is 11.9 Å². The van der Waals surface area contributed by atoms with Crippen molar-refractivity contribution in [3.63, 3.8) is 0 Å². The third kappa shape index (κ3) is 1.87. The Bertz CT molecular complexity index is 297. The maximum absolute atomic E-state index is 4.29. The molecular weight excluding hydrogens is 150 g/mol. The van der Waals surface area contributed by atoms with Gasteiger partial charge in [-0.25, -0.2) is 4.98 Å². The molecule has 0 aliphatic carbocycles. The monoisotopic (exact) mass is 165 g/mol. The van der Waals surface area contributed by atoms with Crippen LogP contribution in [0.1, 0.15) is 18.4 Å². The summed E-state index contributed by atoms with van der Waals surface area (Å²) in [5, 5.41) is 3.06. The van der Waals surface area contributed by atoms with E-state index in [4.69, 9.17) is 0 Å². The highest BCUT2D eigenvalue weighted by molar-refractivity contribution is 5.30. The molecule has 3 nitrogen and oxygen atoms in total. The van der Waals surface area contributed by atoms with Gasteiger partial charge in [0.25, 0.3) is 0 Å². The molecule has 12 heavy (non-hydrogen) atoms. The predicted octanol–water partition coefficient (Wildman–Crippen LogP) is 1.54. The van der Waals surface area contributed by atoms with Gasteiger partial charge in [0.15, 0.2) is 0 Å². The molecular formula is C9H15N3. The minimum atomic E-state index is 1.02. The molecule has 0 unspecified atom stereocenters. The first-order valence-corrected chi connectivity index (χ1v) is 4.01. The normalized spacial score (nSPS) is 11.8. The Labute approximate surface area is 73.1 Å². The van der Waals surface area contributed by atoms with Crippen molar-refractivity contribution < 1.29 is 0 Å². The smallest absolute Gasteiger partial charge is 0.109 e. The van der Waals surface area contributed by atoms with Crippen LogP contribution in [0.25, 0.3) is 6.20 Å². The molecule has 1 aromatic rings. The van der Waals surface area contributed by atoms with Gasteiger partial charge in [0.2, 0.25) is 0 Å². The molecule has 1 N–H and O–H groups in total. The lowest BCUT2D eigenvalue weighted by atomic mass is 10.5. The van der Waals surface area contributed by atoms with Gasteiger partial charge in [-0.3, -0.25) is 0 Å². The molecule has 0 atom stereocenters. The Morgan fingerprint density at radius 3 is 2.67 bits per heavy atom. The van der Waals surface area contributed by atoms with E-state index in [9.17, 15) is 0 Å². The van der Waals surface area contributed by atoms with Crippen LogP contribution in [0.5, 0.6) is 0 Å². The average Bonchev–Trinajstić information content (AvgIpc) is 2.30. The first-order valence-electron chi connectivity index (χ1n) is 4.01. The molecule has 0 amide bonds.